The number of nitrogens with one attached hydrogen (secondary N) is 1. The molecule has 1 aromatic carbocycles. The largest absolute Gasteiger partial charge is 0.399 e. The number of likely N-dealkylation sites (tertiary alicyclic amines) is 1. The Hall–Kier alpha value is -1.60. The minimum absolute atomic E-state index is 0.117. The van der Waals surface area contributed by atoms with Crippen LogP contribution in [0, 0.1) is 6.92 Å². The lowest BCUT2D eigenvalue weighted by molar-refractivity contribution is -0.128. The number of carbonyl (C=O) groups is 1. The van der Waals surface area contributed by atoms with E-state index in [1.807, 2.05) is 0 Å². The molecule has 0 saturated carbocycles. The first-order valence-corrected chi connectivity index (χ1v) is 8.02. The lowest BCUT2D eigenvalue weighted by Gasteiger charge is -2.16. The lowest BCUT2D eigenvalue weighted by Crippen LogP contribution is -2.38. The molecule has 1 aromatic rings. The molecule has 0 unspecified atom stereocenters. The first kappa shape index (κ1) is 14.8. The van der Waals surface area contributed by atoms with Crippen molar-refractivity contribution in [1.82, 2.24) is 9.62 Å². The summed E-state index contributed by atoms with van der Waals surface area (Å²) in [6.45, 7) is 2.89. The van der Waals surface area contributed by atoms with Gasteiger partial charge in [0, 0.05) is 18.8 Å². The number of carbonyl (C=O) groups excluding carboxylic acids is 1. The molecule has 1 aliphatic rings. The van der Waals surface area contributed by atoms with Crippen molar-refractivity contribution in [3.8, 4) is 0 Å². The maximum atomic E-state index is 12.2. The van der Waals surface area contributed by atoms with Crippen molar-refractivity contribution >= 4 is 21.6 Å². The van der Waals surface area contributed by atoms with Crippen LogP contribution in [0.1, 0.15) is 18.4 Å². The molecule has 0 radical (unpaired) electrons. The summed E-state index contributed by atoms with van der Waals surface area (Å²) in [5.41, 5.74) is 6.59. The Morgan fingerprint density at radius 1 is 1.35 bits per heavy atom. The van der Waals surface area contributed by atoms with Crippen molar-refractivity contribution in [2.24, 2.45) is 0 Å². The Kier molecular flexibility index (Phi) is 4.29. The molecule has 3 N–H and O–H groups in total. The summed E-state index contributed by atoms with van der Waals surface area (Å²) >= 11 is 0. The molecule has 20 heavy (non-hydrogen) atoms. The van der Waals surface area contributed by atoms with Crippen molar-refractivity contribution in [2.75, 3.05) is 25.4 Å². The zero-order valence-corrected chi connectivity index (χ0v) is 12.2. The van der Waals surface area contributed by atoms with Crippen LogP contribution in [0.25, 0.3) is 0 Å². The maximum Gasteiger partial charge on any atom is 0.241 e. The summed E-state index contributed by atoms with van der Waals surface area (Å²) in [7, 11) is -3.72. The third-order valence-electron chi connectivity index (χ3n) is 3.37. The van der Waals surface area contributed by atoms with E-state index in [-0.39, 0.29) is 17.3 Å². The number of aryl methyl sites for hydroxylation is 1. The fraction of sp³-hybridized carbons (Fsp3) is 0.462. The van der Waals surface area contributed by atoms with Crippen molar-refractivity contribution in [1.29, 1.82) is 0 Å². The molecule has 0 aromatic heterocycles. The summed E-state index contributed by atoms with van der Waals surface area (Å²) < 4.78 is 26.7. The van der Waals surface area contributed by atoms with E-state index in [2.05, 4.69) is 4.72 Å². The molecular weight excluding hydrogens is 278 g/mol. The summed E-state index contributed by atoms with van der Waals surface area (Å²) in [5.74, 6) is -0.187. The molecule has 1 saturated heterocycles. The van der Waals surface area contributed by atoms with Gasteiger partial charge in [-0.05, 0) is 37.5 Å². The standard InChI is InChI=1S/C13H19N3O3S/c1-10-4-5-11(14)8-12(10)20(18,19)15-9-13(17)16-6-2-3-7-16/h4-5,8,15H,2-3,6-7,9,14H2,1H3. The maximum absolute atomic E-state index is 12.2. The van der Waals surface area contributed by atoms with E-state index in [0.717, 1.165) is 12.8 Å². The van der Waals surface area contributed by atoms with Gasteiger partial charge in [0.25, 0.3) is 0 Å². The molecule has 1 amide bonds. The molecule has 0 atom stereocenters. The minimum atomic E-state index is -3.72. The van der Waals surface area contributed by atoms with E-state index in [9.17, 15) is 13.2 Å². The van der Waals surface area contributed by atoms with E-state index in [1.54, 1.807) is 24.0 Å². The van der Waals surface area contributed by atoms with E-state index >= 15 is 0 Å². The number of amides is 1. The van der Waals surface area contributed by atoms with Gasteiger partial charge >= 0.3 is 0 Å². The smallest absolute Gasteiger partial charge is 0.241 e. The van der Waals surface area contributed by atoms with Crippen LogP contribution in [-0.2, 0) is 14.8 Å². The van der Waals surface area contributed by atoms with Crippen molar-refractivity contribution in [3.63, 3.8) is 0 Å². The van der Waals surface area contributed by atoms with E-state index in [0.29, 0.717) is 24.3 Å². The third-order valence-corrected chi connectivity index (χ3v) is 4.92. The monoisotopic (exact) mass is 297 g/mol. The lowest BCUT2D eigenvalue weighted by atomic mass is 10.2. The Morgan fingerprint density at radius 3 is 2.65 bits per heavy atom. The van der Waals surface area contributed by atoms with E-state index in [4.69, 9.17) is 5.73 Å². The van der Waals surface area contributed by atoms with Crippen LogP contribution in [0.2, 0.25) is 0 Å². The highest BCUT2D eigenvalue weighted by Crippen LogP contribution is 2.18. The zero-order valence-electron chi connectivity index (χ0n) is 11.4. The molecule has 1 fully saturated rings. The molecular formula is C13H19N3O3S. The number of nitrogens with two attached hydrogens (primary N) is 1. The molecule has 0 aliphatic carbocycles. The van der Waals surface area contributed by atoms with Gasteiger partial charge in [0.2, 0.25) is 15.9 Å². The molecule has 1 aliphatic heterocycles. The van der Waals surface area contributed by atoms with E-state index < -0.39 is 10.0 Å². The Labute approximate surface area is 119 Å². The summed E-state index contributed by atoms with van der Waals surface area (Å²) in [6.07, 6.45) is 1.96. The van der Waals surface area contributed by atoms with E-state index in [1.165, 1.54) is 6.07 Å². The third kappa shape index (κ3) is 3.29. The molecule has 0 bridgehead atoms. The Balaban J connectivity index is 2.07. The van der Waals surface area contributed by atoms with Gasteiger partial charge in [-0.2, -0.15) is 0 Å². The SMILES string of the molecule is Cc1ccc(N)cc1S(=O)(=O)NCC(=O)N1CCCC1. The van der Waals surface area contributed by atoms with Crippen LogP contribution in [0.5, 0.6) is 0 Å². The van der Waals surface area contributed by atoms with Gasteiger partial charge in [0.15, 0.2) is 0 Å². The number of hydrogen-bond donors (Lipinski definition) is 2. The van der Waals surface area contributed by atoms with Crippen LogP contribution in [0.15, 0.2) is 23.1 Å². The average molecular weight is 297 g/mol. The first-order valence-electron chi connectivity index (χ1n) is 6.54. The molecule has 2 rings (SSSR count). The second-order valence-electron chi connectivity index (χ2n) is 4.94. The number of sulfonamides is 1. The molecule has 110 valence electrons. The molecule has 7 heteroatoms. The van der Waals surface area contributed by atoms with Crippen molar-refractivity contribution in [2.45, 2.75) is 24.7 Å². The number of benzene rings is 1. The van der Waals surface area contributed by atoms with Crippen molar-refractivity contribution < 1.29 is 13.2 Å². The zero-order chi connectivity index (χ0) is 14.8. The summed E-state index contributed by atoms with van der Waals surface area (Å²) in [5, 5.41) is 0. The van der Waals surface area contributed by atoms with Crippen LogP contribution in [0.4, 0.5) is 5.69 Å². The predicted molar refractivity (Wildman–Crippen MR) is 76.6 cm³/mol. The minimum Gasteiger partial charge on any atom is -0.399 e. The van der Waals surface area contributed by atoms with Gasteiger partial charge < -0.3 is 10.6 Å². The molecule has 0 spiro atoms. The number of rotatable bonds is 4. The van der Waals surface area contributed by atoms with Gasteiger partial charge in [0.05, 0.1) is 11.4 Å². The van der Waals surface area contributed by atoms with Crippen LogP contribution in [0.3, 0.4) is 0 Å². The number of nitrogens with zero attached hydrogens (tertiary/aromatic N) is 1. The predicted octanol–water partition coefficient (Wildman–Crippen LogP) is 0.478. The summed E-state index contributed by atoms with van der Waals surface area (Å²) in [4.78, 5) is 13.6. The molecule has 6 nitrogen and oxygen atoms in total. The normalized spacial score (nSPS) is 15.6. The van der Waals surface area contributed by atoms with Gasteiger partial charge in [-0.3, -0.25) is 4.79 Å². The first-order chi connectivity index (χ1) is 9.40. The Morgan fingerprint density at radius 2 is 2.00 bits per heavy atom. The number of nitrogen functional groups attached to an aromatic ring is 1. The molecule has 1 heterocycles. The van der Waals surface area contributed by atoms with Crippen LogP contribution < -0.4 is 10.5 Å². The van der Waals surface area contributed by atoms with Gasteiger partial charge in [-0.25, -0.2) is 13.1 Å². The number of anilines is 1. The second kappa shape index (κ2) is 5.80. The highest BCUT2D eigenvalue weighted by atomic mass is 32.2. The second-order valence-corrected chi connectivity index (χ2v) is 6.67. The van der Waals surface area contributed by atoms with Crippen molar-refractivity contribution in [3.05, 3.63) is 23.8 Å². The Bertz CT molecular complexity index is 607. The van der Waals surface area contributed by atoms with Crippen LogP contribution in [-0.4, -0.2) is 38.9 Å². The highest BCUT2D eigenvalue weighted by Gasteiger charge is 2.22. The quantitative estimate of drug-likeness (QED) is 0.791. The fourth-order valence-corrected chi connectivity index (χ4v) is 3.47. The van der Waals surface area contributed by atoms with Gasteiger partial charge in [-0.15, -0.1) is 0 Å². The average Bonchev–Trinajstić information content (AvgIpc) is 2.93. The van der Waals surface area contributed by atoms with Gasteiger partial charge in [-0.1, -0.05) is 6.07 Å². The van der Waals surface area contributed by atoms with Gasteiger partial charge in [0.1, 0.15) is 0 Å². The topological polar surface area (TPSA) is 92.5 Å². The summed E-state index contributed by atoms with van der Waals surface area (Å²) in [6, 6.07) is 4.69. The number of hydrogen-bond acceptors (Lipinski definition) is 4. The van der Waals surface area contributed by atoms with Crippen LogP contribution >= 0.6 is 0 Å². The fourth-order valence-electron chi connectivity index (χ4n) is 2.22. The highest BCUT2D eigenvalue weighted by molar-refractivity contribution is 7.89.